The number of hydrogen-bond acceptors (Lipinski definition) is 2. The molecule has 0 saturated heterocycles. The van der Waals surface area contributed by atoms with Crippen molar-refractivity contribution in [1.29, 1.82) is 0 Å². The first-order chi connectivity index (χ1) is 46.6. The summed E-state index contributed by atoms with van der Waals surface area (Å²) >= 11 is 0. The van der Waals surface area contributed by atoms with Crippen molar-refractivity contribution >= 4 is 110 Å². The Morgan fingerprint density at radius 1 is 0.181 bits per heavy atom. The molecule has 0 fully saturated rings. The molecule has 0 unspecified atom stereocenters. The van der Waals surface area contributed by atoms with E-state index < -0.39 is 0 Å². The molecule has 0 atom stereocenters. The molecule has 2 aromatic heterocycles. The largest absolute Gasteiger partial charge is 0.310 e. The standard InChI is InChI=1S/C90H60N4/c1-4-20-61(21-5-1)63-40-46-71(47-41-63)93-87-52-44-68(79-37-16-27-65-24-10-13-34-77(65)79)56-82(87)84-59-75(50-54-89(84)93)91(70-30-8-3-9-31-70)73-32-19-33-74(58-73)92(86-39-18-29-67-26-12-15-36-81(67)86)76-51-55-90-85(60-76)83-57-69(80-38-17-28-66-25-11-14-35-78(66)80)45-53-88(83)94(90)72-48-42-64(43-49-72)62-22-6-2-7-23-62/h1-60H. The third-order valence-electron chi connectivity index (χ3n) is 19.0. The SMILES string of the molecule is c1ccc(-c2ccc(-n3c4ccc(-c5cccc6ccccc56)cc4c4cc(N(c5ccccc5)c5cccc(N(c6ccc7c(c6)c6cc(-c8cccc9ccccc89)ccc6n7-c6ccc(-c7ccccc7)cc6)c6cccc7ccccc67)c5)ccc43)cc2)cc1. The van der Waals surface area contributed by atoms with Gasteiger partial charge in [-0.3, -0.25) is 0 Å². The highest BCUT2D eigenvalue weighted by molar-refractivity contribution is 6.15. The first-order valence-electron chi connectivity index (χ1n) is 32.3. The molecule has 0 bridgehead atoms. The average Bonchev–Trinajstić information content (AvgIpc) is 1.56. The maximum Gasteiger partial charge on any atom is 0.0542 e. The molecule has 440 valence electrons. The van der Waals surface area contributed by atoms with Crippen molar-refractivity contribution in [2.75, 3.05) is 9.80 Å². The van der Waals surface area contributed by atoms with Crippen molar-refractivity contribution in [1.82, 2.24) is 9.13 Å². The lowest BCUT2D eigenvalue weighted by molar-refractivity contribution is 1.18. The van der Waals surface area contributed by atoms with E-state index in [-0.39, 0.29) is 0 Å². The van der Waals surface area contributed by atoms with Crippen molar-refractivity contribution in [3.63, 3.8) is 0 Å². The van der Waals surface area contributed by atoms with E-state index in [4.69, 9.17) is 0 Å². The molecule has 94 heavy (non-hydrogen) atoms. The maximum atomic E-state index is 2.47. The molecule has 0 aliphatic carbocycles. The zero-order valence-electron chi connectivity index (χ0n) is 51.4. The summed E-state index contributed by atoms with van der Waals surface area (Å²) in [7, 11) is 0. The summed E-state index contributed by atoms with van der Waals surface area (Å²) < 4.78 is 4.88. The highest BCUT2D eigenvalue weighted by Crippen LogP contribution is 2.47. The first kappa shape index (κ1) is 54.4. The van der Waals surface area contributed by atoms with E-state index in [0.29, 0.717) is 0 Å². The molecular weight excluding hydrogens is 1140 g/mol. The summed E-state index contributed by atoms with van der Waals surface area (Å²) in [5.74, 6) is 0. The predicted octanol–water partition coefficient (Wildman–Crippen LogP) is 24.9. The average molecular weight is 1200 g/mol. The summed E-state index contributed by atoms with van der Waals surface area (Å²) in [5.41, 5.74) is 22.6. The van der Waals surface area contributed by atoms with E-state index in [0.717, 1.165) is 78.3 Å². The molecule has 0 spiro atoms. The molecule has 0 radical (unpaired) electrons. The van der Waals surface area contributed by atoms with Gasteiger partial charge in [0.25, 0.3) is 0 Å². The summed E-state index contributed by atoms with van der Waals surface area (Å²) in [5, 5.41) is 12.0. The van der Waals surface area contributed by atoms with Gasteiger partial charge < -0.3 is 18.9 Å². The van der Waals surface area contributed by atoms with Gasteiger partial charge in [-0.1, -0.05) is 243 Å². The fraction of sp³-hybridized carbons (Fsp3) is 0. The quantitative estimate of drug-likeness (QED) is 0.121. The number of rotatable bonds is 12. The fourth-order valence-corrected chi connectivity index (χ4v) is 14.6. The third kappa shape index (κ3) is 9.38. The van der Waals surface area contributed by atoms with Crippen LogP contribution in [0, 0.1) is 0 Å². The van der Waals surface area contributed by atoms with Crippen LogP contribution in [0.1, 0.15) is 0 Å². The van der Waals surface area contributed by atoms with Gasteiger partial charge in [0.05, 0.1) is 27.8 Å². The second-order valence-corrected chi connectivity index (χ2v) is 24.4. The van der Waals surface area contributed by atoms with Gasteiger partial charge in [0.15, 0.2) is 0 Å². The molecule has 4 heteroatoms. The van der Waals surface area contributed by atoms with Gasteiger partial charge in [-0.25, -0.2) is 0 Å². The van der Waals surface area contributed by atoms with Crippen LogP contribution in [0.4, 0.5) is 34.1 Å². The van der Waals surface area contributed by atoms with Crippen molar-refractivity contribution in [3.05, 3.63) is 364 Å². The summed E-state index contributed by atoms with van der Waals surface area (Å²) in [6.07, 6.45) is 0. The molecule has 0 N–H and O–H groups in total. The Morgan fingerprint density at radius 3 is 1.01 bits per heavy atom. The zero-order valence-corrected chi connectivity index (χ0v) is 51.4. The molecule has 0 amide bonds. The number of para-hydroxylation sites is 1. The van der Waals surface area contributed by atoms with Crippen LogP contribution in [0.5, 0.6) is 0 Å². The fourth-order valence-electron chi connectivity index (χ4n) is 14.6. The van der Waals surface area contributed by atoms with Crippen LogP contribution >= 0.6 is 0 Å². The Labute approximate surface area is 545 Å². The Bertz CT molecular complexity index is 5890. The van der Waals surface area contributed by atoms with E-state index in [1.54, 1.807) is 0 Å². The lowest BCUT2D eigenvalue weighted by Crippen LogP contribution is -2.13. The van der Waals surface area contributed by atoms with Crippen LogP contribution in [0.3, 0.4) is 0 Å². The van der Waals surface area contributed by atoms with E-state index in [2.05, 4.69) is 383 Å². The van der Waals surface area contributed by atoms with Gasteiger partial charge in [0, 0.05) is 66.7 Å². The van der Waals surface area contributed by atoms with Crippen LogP contribution in [0.15, 0.2) is 364 Å². The monoisotopic (exact) mass is 1200 g/mol. The van der Waals surface area contributed by atoms with Crippen molar-refractivity contribution in [2.45, 2.75) is 0 Å². The van der Waals surface area contributed by atoms with Gasteiger partial charge in [-0.15, -0.1) is 0 Å². The maximum absolute atomic E-state index is 2.47. The summed E-state index contributed by atoms with van der Waals surface area (Å²) in [6, 6.07) is 134. The van der Waals surface area contributed by atoms with Gasteiger partial charge in [0.1, 0.15) is 0 Å². The summed E-state index contributed by atoms with van der Waals surface area (Å²) in [6.45, 7) is 0. The lowest BCUT2D eigenvalue weighted by Gasteiger charge is -2.30. The highest BCUT2D eigenvalue weighted by atomic mass is 15.2. The van der Waals surface area contributed by atoms with Gasteiger partial charge >= 0.3 is 0 Å². The molecule has 18 rings (SSSR count). The van der Waals surface area contributed by atoms with Gasteiger partial charge in [-0.2, -0.15) is 0 Å². The predicted molar refractivity (Wildman–Crippen MR) is 399 cm³/mol. The topological polar surface area (TPSA) is 16.3 Å². The molecule has 0 aliphatic rings. The van der Waals surface area contributed by atoms with E-state index in [1.165, 1.54) is 87.6 Å². The minimum atomic E-state index is 1.03. The van der Waals surface area contributed by atoms with Gasteiger partial charge in [0.2, 0.25) is 0 Å². The number of benzene rings is 16. The molecule has 0 aliphatic heterocycles. The summed E-state index contributed by atoms with van der Waals surface area (Å²) in [4.78, 5) is 4.89. The Kier molecular flexibility index (Phi) is 13.2. The second kappa shape index (κ2) is 22.8. The smallest absolute Gasteiger partial charge is 0.0542 e. The number of fused-ring (bicyclic) bond motifs is 9. The molecular formula is C90H60N4. The van der Waals surface area contributed by atoms with E-state index >= 15 is 0 Å². The number of nitrogens with zero attached hydrogens (tertiary/aromatic N) is 4. The number of anilines is 6. The van der Waals surface area contributed by atoms with E-state index in [9.17, 15) is 0 Å². The van der Waals surface area contributed by atoms with Crippen LogP contribution in [-0.4, -0.2) is 9.13 Å². The number of hydrogen-bond donors (Lipinski definition) is 0. The minimum Gasteiger partial charge on any atom is -0.310 e. The molecule has 2 heterocycles. The highest BCUT2D eigenvalue weighted by Gasteiger charge is 2.24. The first-order valence-corrected chi connectivity index (χ1v) is 32.3. The van der Waals surface area contributed by atoms with Crippen molar-refractivity contribution < 1.29 is 0 Å². The van der Waals surface area contributed by atoms with E-state index in [1.807, 2.05) is 0 Å². The van der Waals surface area contributed by atoms with Crippen LogP contribution in [0.25, 0.3) is 132 Å². The molecule has 4 nitrogen and oxygen atoms in total. The Balaban J connectivity index is 0.824. The lowest BCUT2D eigenvalue weighted by atomic mass is 9.97. The molecule has 18 aromatic rings. The third-order valence-corrected chi connectivity index (χ3v) is 19.0. The second-order valence-electron chi connectivity index (χ2n) is 24.4. The normalized spacial score (nSPS) is 11.6. The zero-order chi connectivity index (χ0) is 62.1. The Morgan fingerprint density at radius 2 is 0.511 bits per heavy atom. The number of aromatic nitrogens is 2. The van der Waals surface area contributed by atoms with Crippen LogP contribution in [0.2, 0.25) is 0 Å². The molecule has 0 saturated carbocycles. The van der Waals surface area contributed by atoms with Crippen molar-refractivity contribution in [3.8, 4) is 55.9 Å². The Hall–Kier alpha value is -12.5. The minimum absolute atomic E-state index is 1.03. The van der Waals surface area contributed by atoms with Crippen LogP contribution in [-0.2, 0) is 0 Å². The molecule has 16 aromatic carbocycles. The van der Waals surface area contributed by atoms with Crippen LogP contribution < -0.4 is 9.80 Å². The van der Waals surface area contributed by atoms with Crippen molar-refractivity contribution in [2.24, 2.45) is 0 Å². The van der Waals surface area contributed by atoms with Gasteiger partial charge in [-0.05, 0) is 193 Å².